The predicted octanol–water partition coefficient (Wildman–Crippen LogP) is 7.05. The molecule has 2 rings (SSSR count). The Hall–Kier alpha value is -2.35. The number of rotatable bonds is 6. The summed E-state index contributed by atoms with van der Waals surface area (Å²) in [6.45, 7) is 17.3. The molecule has 0 heterocycles. The van der Waals surface area contributed by atoms with Gasteiger partial charge in [-0.2, -0.15) is 5.10 Å². The molecule has 1 atom stereocenters. The fourth-order valence-corrected chi connectivity index (χ4v) is 2.25. The highest BCUT2D eigenvalue weighted by molar-refractivity contribution is 5.83. The molecule has 0 radical (unpaired) electrons. The quantitative estimate of drug-likeness (QED) is 0.340. The smallest absolute Gasteiger partial charge is 0.0689 e. The average molecular weight is 339 g/mol. The van der Waals surface area contributed by atoms with Crippen molar-refractivity contribution < 1.29 is 0 Å². The lowest BCUT2D eigenvalue weighted by molar-refractivity contribution is 0.515. The third kappa shape index (κ3) is 8.35. The number of nitrogens with zero attached hydrogens (tertiary/aromatic N) is 1. The van der Waals surface area contributed by atoms with Crippen molar-refractivity contribution in [3.05, 3.63) is 72.3 Å². The summed E-state index contributed by atoms with van der Waals surface area (Å²) >= 11 is 0. The van der Waals surface area contributed by atoms with Crippen molar-refractivity contribution in [1.82, 2.24) is 5.43 Å². The minimum atomic E-state index is 0.266. The van der Waals surface area contributed by atoms with Gasteiger partial charge in [0.25, 0.3) is 0 Å². The summed E-state index contributed by atoms with van der Waals surface area (Å²) in [5.41, 5.74) is 5.59. The third-order valence-electron chi connectivity index (χ3n) is 3.78. The second kappa shape index (κ2) is 14.0. The van der Waals surface area contributed by atoms with Crippen molar-refractivity contribution in [2.24, 2.45) is 5.10 Å². The van der Waals surface area contributed by atoms with E-state index in [1.165, 1.54) is 21.9 Å². The Morgan fingerprint density at radius 1 is 1.16 bits per heavy atom. The molecule has 0 amide bonds. The molecule has 136 valence electrons. The summed E-state index contributed by atoms with van der Waals surface area (Å²) in [4.78, 5) is 0. The molecule has 0 saturated heterocycles. The fourth-order valence-electron chi connectivity index (χ4n) is 2.25. The van der Waals surface area contributed by atoms with E-state index in [4.69, 9.17) is 0 Å². The Balaban J connectivity index is 0.000000614. The lowest BCUT2D eigenvalue weighted by Crippen LogP contribution is -2.14. The number of nitrogens with one attached hydrogen (secondary N) is 1. The Morgan fingerprint density at radius 3 is 2.28 bits per heavy atom. The van der Waals surface area contributed by atoms with Gasteiger partial charge in [0.2, 0.25) is 0 Å². The standard InChI is InChI=1S/C15H18N2.C6H10.C2H6/c1-3-6-15(17-16-2)14-10-9-12-7-4-5-8-13(12)11-14;1-4-6(3)5-2;1-2/h4-5,7-11,15,17H,2-3,6H2,1H3;4-5H,1H2,2-3H3;1-2H3/b;6-5-;. The first-order valence-electron chi connectivity index (χ1n) is 9.11. The van der Waals surface area contributed by atoms with E-state index < -0.39 is 0 Å². The Bertz CT molecular complexity index is 656. The zero-order chi connectivity index (χ0) is 19.1. The van der Waals surface area contributed by atoms with Crippen LogP contribution in [0.4, 0.5) is 0 Å². The van der Waals surface area contributed by atoms with Crippen molar-refractivity contribution in [2.75, 3.05) is 0 Å². The third-order valence-corrected chi connectivity index (χ3v) is 3.78. The molecule has 1 unspecified atom stereocenters. The molecule has 0 aromatic heterocycles. The highest BCUT2D eigenvalue weighted by Crippen LogP contribution is 2.23. The van der Waals surface area contributed by atoms with E-state index >= 15 is 0 Å². The molecule has 0 spiro atoms. The van der Waals surface area contributed by atoms with Crippen LogP contribution in [0.3, 0.4) is 0 Å². The van der Waals surface area contributed by atoms with Crippen LogP contribution in [0.1, 0.15) is 59.1 Å². The van der Waals surface area contributed by atoms with Crippen LogP contribution in [0, 0.1) is 0 Å². The number of benzene rings is 2. The maximum Gasteiger partial charge on any atom is 0.0689 e. The molecular formula is C23H34N2. The van der Waals surface area contributed by atoms with Gasteiger partial charge in [-0.15, -0.1) is 0 Å². The molecule has 0 fully saturated rings. The number of hydrazone groups is 1. The van der Waals surface area contributed by atoms with E-state index in [1.807, 2.05) is 39.8 Å². The summed E-state index contributed by atoms with van der Waals surface area (Å²) < 4.78 is 0. The highest BCUT2D eigenvalue weighted by atomic mass is 15.3. The van der Waals surface area contributed by atoms with Crippen LogP contribution < -0.4 is 5.43 Å². The summed E-state index contributed by atoms with van der Waals surface area (Å²) in [5.74, 6) is 0. The Morgan fingerprint density at radius 2 is 1.80 bits per heavy atom. The van der Waals surface area contributed by atoms with Crippen LogP contribution in [-0.2, 0) is 0 Å². The second-order valence-electron chi connectivity index (χ2n) is 5.47. The zero-order valence-corrected chi connectivity index (χ0v) is 16.5. The lowest BCUT2D eigenvalue weighted by atomic mass is 9.99. The molecule has 2 heteroatoms. The van der Waals surface area contributed by atoms with Crippen molar-refractivity contribution in [1.29, 1.82) is 0 Å². The fraction of sp³-hybridized carbons (Fsp3) is 0.348. The van der Waals surface area contributed by atoms with E-state index in [0.717, 1.165) is 12.8 Å². The molecule has 0 aliphatic rings. The number of allylic oxidation sites excluding steroid dienone is 3. The minimum Gasteiger partial charge on any atom is -0.303 e. The van der Waals surface area contributed by atoms with Crippen molar-refractivity contribution >= 4 is 17.5 Å². The topological polar surface area (TPSA) is 24.4 Å². The van der Waals surface area contributed by atoms with Crippen LogP contribution in [-0.4, -0.2) is 6.72 Å². The molecule has 0 saturated carbocycles. The largest absolute Gasteiger partial charge is 0.303 e. The van der Waals surface area contributed by atoms with Crippen molar-refractivity contribution in [2.45, 2.75) is 53.5 Å². The second-order valence-corrected chi connectivity index (χ2v) is 5.47. The molecule has 2 aromatic rings. The first-order valence-corrected chi connectivity index (χ1v) is 9.11. The van der Waals surface area contributed by atoms with Gasteiger partial charge in [0.05, 0.1) is 6.04 Å². The summed E-state index contributed by atoms with van der Waals surface area (Å²) in [7, 11) is 0. The summed E-state index contributed by atoms with van der Waals surface area (Å²) in [6.07, 6.45) is 6.05. The van der Waals surface area contributed by atoms with Crippen LogP contribution in [0.5, 0.6) is 0 Å². The molecular weight excluding hydrogens is 304 g/mol. The van der Waals surface area contributed by atoms with Crippen LogP contribution in [0.2, 0.25) is 0 Å². The van der Waals surface area contributed by atoms with Crippen LogP contribution in [0.25, 0.3) is 10.8 Å². The molecule has 2 aromatic carbocycles. The van der Waals surface area contributed by atoms with Gasteiger partial charge in [-0.1, -0.05) is 87.9 Å². The SMILES string of the molecule is C=C/C(C)=C\C.C=NNC(CCC)c1ccc2ccccc2c1.CC. The molecule has 0 aliphatic carbocycles. The average Bonchev–Trinajstić information content (AvgIpc) is 2.68. The van der Waals surface area contributed by atoms with E-state index in [9.17, 15) is 0 Å². The van der Waals surface area contributed by atoms with E-state index in [1.54, 1.807) is 0 Å². The molecule has 0 bridgehead atoms. The predicted molar refractivity (Wildman–Crippen MR) is 115 cm³/mol. The number of fused-ring (bicyclic) bond motifs is 1. The van der Waals surface area contributed by atoms with Gasteiger partial charge in [0, 0.05) is 6.72 Å². The first kappa shape index (κ1) is 22.7. The van der Waals surface area contributed by atoms with Crippen molar-refractivity contribution in [3.8, 4) is 0 Å². The minimum absolute atomic E-state index is 0.266. The number of hydrogen-bond acceptors (Lipinski definition) is 2. The van der Waals surface area contributed by atoms with Gasteiger partial charge >= 0.3 is 0 Å². The lowest BCUT2D eigenvalue weighted by Gasteiger charge is -2.16. The first-order chi connectivity index (χ1) is 12.2. The maximum atomic E-state index is 3.81. The Labute approximate surface area is 154 Å². The molecule has 1 N–H and O–H groups in total. The Kier molecular flexibility index (Phi) is 12.7. The van der Waals surface area contributed by atoms with Gasteiger partial charge in [-0.05, 0) is 42.7 Å². The van der Waals surface area contributed by atoms with E-state index in [0.29, 0.717) is 0 Å². The van der Waals surface area contributed by atoms with Gasteiger partial charge in [0.15, 0.2) is 0 Å². The highest BCUT2D eigenvalue weighted by Gasteiger charge is 2.09. The van der Waals surface area contributed by atoms with E-state index in [-0.39, 0.29) is 6.04 Å². The number of hydrogen-bond donors (Lipinski definition) is 1. The van der Waals surface area contributed by atoms with E-state index in [2.05, 4.69) is 73.2 Å². The summed E-state index contributed by atoms with van der Waals surface area (Å²) in [5, 5.41) is 6.36. The zero-order valence-electron chi connectivity index (χ0n) is 16.5. The van der Waals surface area contributed by atoms with Gasteiger partial charge in [-0.3, -0.25) is 0 Å². The normalized spacial score (nSPS) is 11.3. The van der Waals surface area contributed by atoms with Crippen molar-refractivity contribution in [3.63, 3.8) is 0 Å². The molecule has 0 aliphatic heterocycles. The monoisotopic (exact) mass is 338 g/mol. The van der Waals surface area contributed by atoms with Gasteiger partial charge in [-0.25, -0.2) is 0 Å². The van der Waals surface area contributed by atoms with Gasteiger partial charge in [0.1, 0.15) is 0 Å². The molecule has 25 heavy (non-hydrogen) atoms. The summed E-state index contributed by atoms with van der Waals surface area (Å²) in [6, 6.07) is 15.2. The maximum absolute atomic E-state index is 3.81. The van der Waals surface area contributed by atoms with Crippen LogP contribution in [0.15, 0.2) is 71.9 Å². The van der Waals surface area contributed by atoms with Crippen LogP contribution >= 0.6 is 0 Å². The van der Waals surface area contributed by atoms with Gasteiger partial charge < -0.3 is 5.43 Å². The molecule has 2 nitrogen and oxygen atoms in total.